The molecule has 2 heteroatoms. The topological polar surface area (TPSA) is 12.0 Å². The van der Waals surface area contributed by atoms with E-state index in [2.05, 4.69) is 44.3 Å². The summed E-state index contributed by atoms with van der Waals surface area (Å²) in [6.45, 7) is 7.48. The lowest BCUT2D eigenvalue weighted by Crippen LogP contribution is -1.92. The average Bonchev–Trinajstić information content (AvgIpc) is 2.56. The summed E-state index contributed by atoms with van der Waals surface area (Å²) in [5.74, 6) is 0. The van der Waals surface area contributed by atoms with Crippen LogP contribution in [0.2, 0.25) is 0 Å². The van der Waals surface area contributed by atoms with E-state index in [1.165, 1.54) is 26.2 Å². The molecule has 0 saturated carbocycles. The third-order valence-electron chi connectivity index (χ3n) is 2.56. The molecule has 14 heavy (non-hydrogen) atoms. The maximum atomic E-state index is 3.36. The first-order chi connectivity index (χ1) is 6.72. The number of nitrogens with one attached hydrogen (secondary N) is 1. The van der Waals surface area contributed by atoms with Crippen molar-refractivity contribution in [2.75, 3.05) is 11.9 Å². The Kier molecular flexibility index (Phi) is 2.46. The Labute approximate surface area is 88.8 Å². The first-order valence-corrected chi connectivity index (χ1v) is 5.77. The maximum Gasteiger partial charge on any atom is 0.0894 e. The zero-order valence-electron chi connectivity index (χ0n) is 8.85. The molecule has 2 aromatic rings. The quantitative estimate of drug-likeness (QED) is 0.782. The predicted octanol–water partition coefficient (Wildman–Crippen LogP) is 3.95. The molecule has 1 nitrogen and oxygen atoms in total. The molecule has 0 spiro atoms. The monoisotopic (exact) mass is 205 g/mol. The molecule has 0 aliphatic rings. The molecule has 0 unspecified atom stereocenters. The lowest BCUT2D eigenvalue weighted by molar-refractivity contribution is 1.23. The molecule has 1 aromatic carbocycles. The normalized spacial score (nSPS) is 10.8. The van der Waals surface area contributed by atoms with Crippen LogP contribution < -0.4 is 5.32 Å². The molecule has 1 heterocycles. The lowest BCUT2D eigenvalue weighted by atomic mass is 10.1. The van der Waals surface area contributed by atoms with Gasteiger partial charge in [-0.25, -0.2) is 0 Å². The molecule has 2 rings (SSSR count). The van der Waals surface area contributed by atoms with Gasteiger partial charge in [0.05, 0.1) is 5.00 Å². The summed E-state index contributed by atoms with van der Waals surface area (Å²) in [5.41, 5.74) is 2.79. The fourth-order valence-electron chi connectivity index (χ4n) is 1.60. The fraction of sp³-hybridized carbons (Fsp3) is 0.333. The van der Waals surface area contributed by atoms with E-state index in [-0.39, 0.29) is 0 Å². The summed E-state index contributed by atoms with van der Waals surface area (Å²) in [4.78, 5) is 0. The third kappa shape index (κ3) is 1.50. The van der Waals surface area contributed by atoms with E-state index in [0.717, 1.165) is 6.54 Å². The molecular weight excluding hydrogens is 190 g/mol. The van der Waals surface area contributed by atoms with E-state index in [9.17, 15) is 0 Å². The Hall–Kier alpha value is -1.02. The molecule has 0 radical (unpaired) electrons. The van der Waals surface area contributed by atoms with Crippen molar-refractivity contribution in [2.45, 2.75) is 20.8 Å². The Morgan fingerprint density at radius 3 is 2.79 bits per heavy atom. The maximum absolute atomic E-state index is 3.36. The third-order valence-corrected chi connectivity index (χ3v) is 3.78. The minimum atomic E-state index is 0.991. The summed E-state index contributed by atoms with van der Waals surface area (Å²) in [7, 11) is 0. The van der Waals surface area contributed by atoms with Crippen molar-refractivity contribution in [2.24, 2.45) is 0 Å². The van der Waals surface area contributed by atoms with Crippen LogP contribution in [0.1, 0.15) is 18.1 Å². The summed E-state index contributed by atoms with van der Waals surface area (Å²) in [5, 5.41) is 5.99. The molecule has 1 N–H and O–H groups in total. The van der Waals surface area contributed by atoms with Crippen LogP contribution in [0.15, 0.2) is 18.2 Å². The molecule has 0 aliphatic carbocycles. The fourth-order valence-corrected chi connectivity index (χ4v) is 2.78. The van der Waals surface area contributed by atoms with E-state index in [1.807, 2.05) is 11.3 Å². The zero-order chi connectivity index (χ0) is 10.1. The van der Waals surface area contributed by atoms with Gasteiger partial charge in [-0.05, 0) is 43.4 Å². The van der Waals surface area contributed by atoms with Crippen molar-refractivity contribution in [1.82, 2.24) is 0 Å². The predicted molar refractivity (Wildman–Crippen MR) is 65.5 cm³/mol. The standard InChI is InChI=1S/C12H15NS/c1-4-13-11-7-10-6-5-8(2)9(3)12(10)14-11/h5-7,13H,4H2,1-3H3. The van der Waals surface area contributed by atoms with E-state index in [1.54, 1.807) is 0 Å². The van der Waals surface area contributed by atoms with Gasteiger partial charge in [-0.2, -0.15) is 0 Å². The highest BCUT2D eigenvalue weighted by atomic mass is 32.1. The van der Waals surface area contributed by atoms with Crippen LogP contribution in [-0.2, 0) is 0 Å². The number of aryl methyl sites for hydroxylation is 2. The molecule has 74 valence electrons. The lowest BCUT2D eigenvalue weighted by Gasteiger charge is -1.99. The summed E-state index contributed by atoms with van der Waals surface area (Å²) in [6.07, 6.45) is 0. The molecule has 0 fully saturated rings. The second-order valence-corrected chi connectivity index (χ2v) is 4.62. The van der Waals surface area contributed by atoms with Crippen molar-refractivity contribution in [3.05, 3.63) is 29.3 Å². The highest BCUT2D eigenvalue weighted by molar-refractivity contribution is 7.23. The van der Waals surface area contributed by atoms with Gasteiger partial charge in [0.1, 0.15) is 0 Å². The summed E-state index contributed by atoms with van der Waals surface area (Å²) < 4.78 is 1.42. The van der Waals surface area contributed by atoms with Crippen LogP contribution in [-0.4, -0.2) is 6.54 Å². The minimum Gasteiger partial charge on any atom is -0.377 e. The number of benzene rings is 1. The van der Waals surface area contributed by atoms with Crippen LogP contribution in [0.5, 0.6) is 0 Å². The highest BCUT2D eigenvalue weighted by Gasteiger charge is 2.04. The Morgan fingerprint density at radius 2 is 2.07 bits per heavy atom. The Bertz CT molecular complexity index is 457. The van der Waals surface area contributed by atoms with E-state index < -0.39 is 0 Å². The average molecular weight is 205 g/mol. The SMILES string of the molecule is CCNc1cc2ccc(C)c(C)c2s1. The summed E-state index contributed by atoms with van der Waals surface area (Å²) >= 11 is 1.85. The molecule has 0 bridgehead atoms. The highest BCUT2D eigenvalue weighted by Crippen LogP contribution is 2.33. The number of fused-ring (bicyclic) bond motifs is 1. The molecule has 0 saturated heterocycles. The van der Waals surface area contributed by atoms with Gasteiger partial charge in [-0.3, -0.25) is 0 Å². The number of hydrogen-bond donors (Lipinski definition) is 1. The number of anilines is 1. The molecule has 0 amide bonds. The second kappa shape index (κ2) is 3.62. The van der Waals surface area contributed by atoms with Crippen LogP contribution in [0.4, 0.5) is 5.00 Å². The van der Waals surface area contributed by atoms with Crippen molar-refractivity contribution < 1.29 is 0 Å². The number of hydrogen-bond acceptors (Lipinski definition) is 2. The summed E-state index contributed by atoms with van der Waals surface area (Å²) in [6, 6.07) is 6.63. The molecule has 0 atom stereocenters. The molecule has 1 aromatic heterocycles. The Morgan fingerprint density at radius 1 is 1.29 bits per heavy atom. The minimum absolute atomic E-state index is 0.991. The number of rotatable bonds is 2. The van der Waals surface area contributed by atoms with Gasteiger partial charge < -0.3 is 5.32 Å². The smallest absolute Gasteiger partial charge is 0.0894 e. The van der Waals surface area contributed by atoms with Crippen molar-refractivity contribution in [3.8, 4) is 0 Å². The van der Waals surface area contributed by atoms with Gasteiger partial charge in [0.15, 0.2) is 0 Å². The van der Waals surface area contributed by atoms with Gasteiger partial charge in [-0.1, -0.05) is 12.1 Å². The van der Waals surface area contributed by atoms with Crippen LogP contribution in [0.25, 0.3) is 10.1 Å². The molecular formula is C12H15NS. The van der Waals surface area contributed by atoms with Crippen molar-refractivity contribution >= 4 is 26.4 Å². The first-order valence-electron chi connectivity index (χ1n) is 4.96. The van der Waals surface area contributed by atoms with Crippen LogP contribution in [0.3, 0.4) is 0 Å². The van der Waals surface area contributed by atoms with Gasteiger partial charge in [0.25, 0.3) is 0 Å². The van der Waals surface area contributed by atoms with Crippen LogP contribution >= 0.6 is 11.3 Å². The largest absolute Gasteiger partial charge is 0.377 e. The van der Waals surface area contributed by atoms with Gasteiger partial charge in [0.2, 0.25) is 0 Å². The van der Waals surface area contributed by atoms with Crippen LogP contribution in [0, 0.1) is 13.8 Å². The van der Waals surface area contributed by atoms with E-state index >= 15 is 0 Å². The molecule has 0 aliphatic heterocycles. The van der Waals surface area contributed by atoms with E-state index in [4.69, 9.17) is 0 Å². The number of thiophene rings is 1. The van der Waals surface area contributed by atoms with Gasteiger partial charge in [-0.15, -0.1) is 11.3 Å². The zero-order valence-corrected chi connectivity index (χ0v) is 9.66. The Balaban J connectivity index is 2.59. The second-order valence-electron chi connectivity index (χ2n) is 3.57. The van der Waals surface area contributed by atoms with Gasteiger partial charge in [0, 0.05) is 11.2 Å². The van der Waals surface area contributed by atoms with Crippen molar-refractivity contribution in [3.63, 3.8) is 0 Å². The van der Waals surface area contributed by atoms with Gasteiger partial charge >= 0.3 is 0 Å². The van der Waals surface area contributed by atoms with E-state index in [0.29, 0.717) is 0 Å². The van der Waals surface area contributed by atoms with Crippen molar-refractivity contribution in [1.29, 1.82) is 0 Å². The first kappa shape index (κ1) is 9.53.